The summed E-state index contributed by atoms with van der Waals surface area (Å²) in [6.07, 6.45) is 2.01. The Labute approximate surface area is 300 Å². The number of nitrogens with zero attached hydrogens (tertiary/aromatic N) is 2. The third-order valence-corrected chi connectivity index (χ3v) is 9.90. The van der Waals surface area contributed by atoms with E-state index in [1.807, 2.05) is 76.4 Å². The topological polar surface area (TPSA) is 38.9 Å². The summed E-state index contributed by atoms with van der Waals surface area (Å²) in [4.78, 5) is 8.92. The minimum atomic E-state index is -2.13. The zero-order chi connectivity index (χ0) is 38.6. The Morgan fingerprint density at radius 3 is 2.17 bits per heavy atom. The Balaban J connectivity index is 0.000000235. The summed E-state index contributed by atoms with van der Waals surface area (Å²) in [5.74, 6) is -2.26. The molecule has 0 unspecified atom stereocenters. The molecule has 0 fully saturated rings. The fraction of sp³-hybridized carbons (Fsp3) is 0.317. The zero-order valence-corrected chi connectivity index (χ0v) is 31.5. The van der Waals surface area contributed by atoms with Crippen LogP contribution in [0.15, 0.2) is 83.5 Å². The first-order valence-electron chi connectivity index (χ1n) is 18.7. The average molecular weight is 810 g/mol. The maximum Gasteiger partial charge on any atom is 0.121 e. The van der Waals surface area contributed by atoms with Crippen LogP contribution in [0.2, 0.25) is 19.6 Å². The smallest absolute Gasteiger partial charge is 0.121 e. The average Bonchev–Trinajstić information content (AvgIpc) is 3.41. The molecule has 241 valence electrons. The molecule has 5 heteroatoms. The molecule has 0 amide bonds. The maximum absolute atomic E-state index is 8.48. The first-order valence-corrected chi connectivity index (χ1v) is 18.7. The van der Waals surface area contributed by atoms with E-state index in [1.165, 1.54) is 11.3 Å². The van der Waals surface area contributed by atoms with Gasteiger partial charge in [-0.15, -0.1) is 53.6 Å². The molecule has 0 aliphatic rings. The quantitative estimate of drug-likeness (QED) is 0.124. The molecule has 0 N–H and O–H groups in total. The number of aromatic nitrogens is 2. The second-order valence-electron chi connectivity index (χ2n) is 13.1. The molecule has 3 nitrogen and oxygen atoms in total. The van der Waals surface area contributed by atoms with Crippen molar-refractivity contribution < 1.29 is 34.1 Å². The van der Waals surface area contributed by atoms with Crippen LogP contribution in [0.1, 0.15) is 91.1 Å². The normalized spacial score (nSPS) is 14.8. The van der Waals surface area contributed by atoms with E-state index in [0.717, 1.165) is 44.3 Å². The summed E-state index contributed by atoms with van der Waals surface area (Å²) in [6.45, 7) is 15.7. The monoisotopic (exact) mass is 810 g/mol. The minimum absolute atomic E-state index is 0. The predicted molar refractivity (Wildman–Crippen MR) is 194 cm³/mol. The van der Waals surface area contributed by atoms with Gasteiger partial charge in [0.2, 0.25) is 0 Å². The van der Waals surface area contributed by atoms with Crippen molar-refractivity contribution in [1.82, 2.24) is 9.97 Å². The first kappa shape index (κ1) is 26.7. The van der Waals surface area contributed by atoms with Crippen molar-refractivity contribution >= 4 is 35.2 Å². The summed E-state index contributed by atoms with van der Waals surface area (Å²) < 4.78 is 61.6. The van der Waals surface area contributed by atoms with Crippen molar-refractivity contribution in [1.29, 1.82) is 0 Å². The number of rotatable bonds is 6. The van der Waals surface area contributed by atoms with E-state index in [1.54, 1.807) is 32.0 Å². The SMILES string of the molecule is [2H]C([2H])([2H])c1c[c-]c(-c2cc(C([2H])(C)C)c([Si](C)(C)C)cn2)cc1.[2H]c1cc(C([2H])(C)C)cc(-c2[c-]ccc3c2oc2cc(C([2H])(C)C)ccc23)n1.[Ir]. The Bertz CT molecular complexity index is 2240. The van der Waals surface area contributed by atoms with Crippen molar-refractivity contribution in [2.45, 2.75) is 85.7 Å². The van der Waals surface area contributed by atoms with Crippen LogP contribution in [0.25, 0.3) is 44.5 Å². The van der Waals surface area contributed by atoms with Gasteiger partial charge in [-0.3, -0.25) is 0 Å². The maximum atomic E-state index is 8.48. The van der Waals surface area contributed by atoms with Crippen molar-refractivity contribution in [3.63, 3.8) is 0 Å². The number of hydrogen-bond donors (Lipinski definition) is 0. The number of furan rings is 1. The van der Waals surface area contributed by atoms with Crippen LogP contribution in [0, 0.1) is 19.0 Å². The molecule has 6 aromatic rings. The predicted octanol–water partition coefficient (Wildman–Crippen LogP) is 11.2. The Kier molecular flexibility index (Phi) is 8.46. The van der Waals surface area contributed by atoms with Crippen molar-refractivity contribution in [3.05, 3.63) is 113 Å². The molecule has 3 heterocycles. The molecule has 0 aliphatic heterocycles. The van der Waals surface area contributed by atoms with E-state index >= 15 is 0 Å². The third-order valence-electron chi connectivity index (χ3n) is 7.88. The summed E-state index contributed by atoms with van der Waals surface area (Å²) >= 11 is 0. The molecule has 1 radical (unpaired) electrons. The van der Waals surface area contributed by atoms with Crippen LogP contribution < -0.4 is 5.19 Å². The zero-order valence-electron chi connectivity index (χ0n) is 35.1. The molecular weight excluding hydrogens is 757 g/mol. The van der Waals surface area contributed by atoms with Crippen LogP contribution in [0.3, 0.4) is 0 Å². The summed E-state index contributed by atoms with van der Waals surface area (Å²) in [5.41, 5.74) is 6.97. The van der Waals surface area contributed by atoms with Crippen LogP contribution in [0.4, 0.5) is 0 Å². The fourth-order valence-electron chi connectivity index (χ4n) is 5.25. The van der Waals surface area contributed by atoms with Gasteiger partial charge in [0.25, 0.3) is 0 Å². The molecule has 0 aliphatic carbocycles. The Hall–Kier alpha value is -3.37. The van der Waals surface area contributed by atoms with Gasteiger partial charge in [-0.05, 0) is 52.0 Å². The van der Waals surface area contributed by atoms with Gasteiger partial charge < -0.3 is 14.4 Å². The van der Waals surface area contributed by atoms with Crippen LogP contribution in [-0.2, 0) is 20.1 Å². The second kappa shape index (κ2) is 14.6. The fourth-order valence-corrected chi connectivity index (χ4v) is 6.83. The molecule has 0 bridgehead atoms. The van der Waals surface area contributed by atoms with E-state index < -0.39 is 32.6 Å². The van der Waals surface area contributed by atoms with Gasteiger partial charge in [0.05, 0.1) is 15.0 Å². The van der Waals surface area contributed by atoms with Gasteiger partial charge in [0.1, 0.15) is 5.58 Å². The molecule has 0 spiro atoms. The molecule has 0 atom stereocenters. The molecule has 6 rings (SSSR count). The molecule has 3 aromatic carbocycles. The summed E-state index contributed by atoms with van der Waals surface area (Å²) in [5, 5.41) is 3.11. The van der Waals surface area contributed by atoms with Crippen LogP contribution in [-0.4, -0.2) is 18.0 Å². The third kappa shape index (κ3) is 7.77. The summed E-state index contributed by atoms with van der Waals surface area (Å²) in [6, 6.07) is 26.1. The van der Waals surface area contributed by atoms with Gasteiger partial charge in [-0.25, -0.2) is 0 Å². The largest absolute Gasteiger partial charge is 0.501 e. The standard InChI is InChI=1S/C23H22NO.C18H24NSi.Ir/c1-14(2)16-8-9-18-19-6-5-7-20(23(19)25-22(18)13-16)21-12-17(15(3)4)10-11-24-21;1-13(2)16-11-17(15-9-7-14(3)8-10-15)19-12-18(16)20(4,5)6;/h5-6,8-15H,1-4H3;7-9,11-13H,1-6H3;/q2*-1;/i11D,14D,15D;3D3,13D;. The van der Waals surface area contributed by atoms with E-state index in [2.05, 4.69) is 41.7 Å². The van der Waals surface area contributed by atoms with Gasteiger partial charge in [0, 0.05) is 46.1 Å². The van der Waals surface area contributed by atoms with Gasteiger partial charge in [-0.1, -0.05) is 114 Å². The van der Waals surface area contributed by atoms with E-state index in [4.69, 9.17) is 14.0 Å². The Morgan fingerprint density at radius 1 is 0.804 bits per heavy atom. The second-order valence-corrected chi connectivity index (χ2v) is 18.2. The van der Waals surface area contributed by atoms with E-state index in [-0.39, 0.29) is 31.8 Å². The number of pyridine rings is 2. The van der Waals surface area contributed by atoms with Crippen molar-refractivity contribution in [2.75, 3.05) is 0 Å². The molecule has 0 saturated heterocycles. The van der Waals surface area contributed by atoms with Crippen molar-refractivity contribution in [3.8, 4) is 22.5 Å². The molecule has 46 heavy (non-hydrogen) atoms. The molecule has 0 saturated carbocycles. The Morgan fingerprint density at radius 2 is 1.54 bits per heavy atom. The van der Waals surface area contributed by atoms with Crippen molar-refractivity contribution in [2.24, 2.45) is 0 Å². The van der Waals surface area contributed by atoms with Crippen LogP contribution in [0.5, 0.6) is 0 Å². The minimum Gasteiger partial charge on any atom is -0.501 e. The van der Waals surface area contributed by atoms with Crippen LogP contribution >= 0.6 is 0 Å². The summed E-state index contributed by atoms with van der Waals surface area (Å²) in [7, 11) is -1.61. The van der Waals surface area contributed by atoms with Gasteiger partial charge >= 0.3 is 0 Å². The van der Waals surface area contributed by atoms with Gasteiger partial charge in [-0.2, -0.15) is 0 Å². The van der Waals surface area contributed by atoms with E-state index in [9.17, 15) is 0 Å². The van der Waals surface area contributed by atoms with Gasteiger partial charge in [0.15, 0.2) is 0 Å². The number of hydrogen-bond acceptors (Lipinski definition) is 3. The number of aryl methyl sites for hydroxylation is 1. The van der Waals surface area contributed by atoms with E-state index in [0.29, 0.717) is 16.8 Å². The number of fused-ring (bicyclic) bond motifs is 3. The molecular formula is C41H46IrN2OSi-2. The molecule has 3 aromatic heterocycles. The first-order chi connectivity index (χ1) is 23.8. The number of benzene rings is 3.